The number of hydrogen-bond acceptors (Lipinski definition) is 8. The van der Waals surface area contributed by atoms with Gasteiger partial charge in [0.15, 0.2) is 0 Å². The molecule has 4 rings (SSSR count). The topological polar surface area (TPSA) is 115 Å². The average Bonchev–Trinajstić information content (AvgIpc) is 3.41. The summed E-state index contributed by atoms with van der Waals surface area (Å²) in [5.74, 6) is -1.73. The highest BCUT2D eigenvalue weighted by Crippen LogP contribution is 2.31. The fourth-order valence-electron chi connectivity index (χ4n) is 2.29. The Balaban J connectivity index is 1.75. The standard InChI is InChI=1S/C17H9FN4O5S/c18-10-3-4-12-14(8-10)28-17(20-12)21(19-9-11-2-1-7-26-11)16(23)13-5-6-15(27-13)22(24)25/h1-9H/b19-9-. The van der Waals surface area contributed by atoms with Crippen LogP contribution in [0.15, 0.2) is 62.7 Å². The number of hydrazone groups is 1. The molecule has 0 unspecified atom stereocenters. The van der Waals surface area contributed by atoms with Crippen molar-refractivity contribution in [1.29, 1.82) is 0 Å². The summed E-state index contributed by atoms with van der Waals surface area (Å²) in [6.45, 7) is 0. The second-order valence-corrected chi connectivity index (χ2v) is 6.39. The van der Waals surface area contributed by atoms with Crippen molar-refractivity contribution in [3.63, 3.8) is 0 Å². The predicted octanol–water partition coefficient (Wildman–Crippen LogP) is 4.21. The van der Waals surface area contributed by atoms with Crippen molar-refractivity contribution in [3.8, 4) is 0 Å². The summed E-state index contributed by atoms with van der Waals surface area (Å²) in [6, 6.07) is 9.51. The molecule has 0 radical (unpaired) electrons. The second-order valence-electron chi connectivity index (χ2n) is 5.38. The van der Waals surface area contributed by atoms with Gasteiger partial charge in [-0.05, 0) is 36.4 Å². The first-order valence-corrected chi connectivity index (χ1v) is 8.55. The molecule has 0 saturated carbocycles. The van der Waals surface area contributed by atoms with E-state index in [1.807, 2.05) is 0 Å². The molecule has 0 spiro atoms. The third kappa shape index (κ3) is 3.38. The number of carbonyl (C=O) groups excluding carboxylic acids is 1. The van der Waals surface area contributed by atoms with E-state index in [1.54, 1.807) is 12.1 Å². The molecule has 1 amide bonds. The van der Waals surface area contributed by atoms with Gasteiger partial charge in [-0.2, -0.15) is 10.1 Å². The first-order chi connectivity index (χ1) is 13.5. The number of anilines is 1. The molecule has 0 aliphatic carbocycles. The number of hydrogen-bond donors (Lipinski definition) is 0. The van der Waals surface area contributed by atoms with Gasteiger partial charge in [-0.1, -0.05) is 11.3 Å². The lowest BCUT2D eigenvalue weighted by Crippen LogP contribution is -2.25. The molecule has 4 aromatic rings. The maximum Gasteiger partial charge on any atom is 0.433 e. The Kier molecular flexibility index (Phi) is 4.41. The Morgan fingerprint density at radius 2 is 2.18 bits per heavy atom. The van der Waals surface area contributed by atoms with Crippen LogP contribution in [0.4, 0.5) is 15.4 Å². The maximum absolute atomic E-state index is 13.5. The normalized spacial score (nSPS) is 11.3. The quantitative estimate of drug-likeness (QED) is 0.282. The van der Waals surface area contributed by atoms with E-state index in [2.05, 4.69) is 10.1 Å². The van der Waals surface area contributed by atoms with Gasteiger partial charge in [0.2, 0.25) is 10.9 Å². The Labute approximate surface area is 159 Å². The van der Waals surface area contributed by atoms with Gasteiger partial charge >= 0.3 is 11.8 Å². The van der Waals surface area contributed by atoms with Gasteiger partial charge in [-0.3, -0.25) is 14.9 Å². The molecule has 11 heteroatoms. The van der Waals surface area contributed by atoms with Crippen LogP contribution < -0.4 is 5.01 Å². The number of nitro groups is 1. The minimum absolute atomic E-state index is 0.132. The van der Waals surface area contributed by atoms with E-state index < -0.39 is 22.5 Å². The number of benzene rings is 1. The number of carbonyl (C=O) groups is 1. The highest BCUT2D eigenvalue weighted by Gasteiger charge is 2.26. The van der Waals surface area contributed by atoms with Crippen LogP contribution in [-0.2, 0) is 0 Å². The molecule has 0 bridgehead atoms. The average molecular weight is 400 g/mol. The summed E-state index contributed by atoms with van der Waals surface area (Å²) in [7, 11) is 0. The van der Waals surface area contributed by atoms with E-state index in [-0.39, 0.29) is 10.9 Å². The minimum Gasteiger partial charge on any atom is -0.463 e. The lowest BCUT2D eigenvalue weighted by Gasteiger charge is -2.11. The molecule has 0 saturated heterocycles. The van der Waals surface area contributed by atoms with Gasteiger partial charge in [0.25, 0.3) is 0 Å². The van der Waals surface area contributed by atoms with Crippen molar-refractivity contribution in [3.05, 3.63) is 76.2 Å². The summed E-state index contributed by atoms with van der Waals surface area (Å²) in [5, 5.41) is 15.9. The van der Waals surface area contributed by atoms with Crippen LogP contribution >= 0.6 is 11.3 Å². The Morgan fingerprint density at radius 3 is 2.89 bits per heavy atom. The van der Waals surface area contributed by atoms with E-state index in [1.165, 1.54) is 36.7 Å². The van der Waals surface area contributed by atoms with Crippen LogP contribution in [0.3, 0.4) is 0 Å². The van der Waals surface area contributed by atoms with Crippen molar-refractivity contribution in [2.45, 2.75) is 0 Å². The van der Waals surface area contributed by atoms with E-state index in [9.17, 15) is 19.3 Å². The molecule has 3 aromatic heterocycles. The number of furan rings is 2. The van der Waals surface area contributed by atoms with Crippen LogP contribution in [0, 0.1) is 15.9 Å². The maximum atomic E-state index is 13.5. The number of halogens is 1. The molecule has 9 nitrogen and oxygen atoms in total. The van der Waals surface area contributed by atoms with Gasteiger partial charge in [0.1, 0.15) is 16.5 Å². The fourth-order valence-corrected chi connectivity index (χ4v) is 3.24. The predicted molar refractivity (Wildman–Crippen MR) is 98.1 cm³/mol. The number of amides is 1. The Bertz CT molecular complexity index is 1200. The SMILES string of the molecule is O=C(c1ccc([N+](=O)[O-])o1)N(/N=C\c1ccco1)c1nc2ccc(F)cc2s1. The molecule has 0 aliphatic heterocycles. The number of rotatable bonds is 5. The molecule has 0 atom stereocenters. The summed E-state index contributed by atoms with van der Waals surface area (Å²) in [5.41, 5.74) is 0.470. The van der Waals surface area contributed by atoms with E-state index in [0.717, 1.165) is 22.4 Å². The molecule has 0 aliphatic rings. The molecule has 0 N–H and O–H groups in total. The highest BCUT2D eigenvalue weighted by atomic mass is 32.1. The van der Waals surface area contributed by atoms with Crippen LogP contribution in [0.5, 0.6) is 0 Å². The zero-order chi connectivity index (χ0) is 19.7. The summed E-state index contributed by atoms with van der Waals surface area (Å²) < 4.78 is 24.1. The monoisotopic (exact) mass is 400 g/mol. The van der Waals surface area contributed by atoms with Gasteiger partial charge in [0.05, 0.1) is 28.8 Å². The summed E-state index contributed by atoms with van der Waals surface area (Å²) >= 11 is 1.03. The molecule has 28 heavy (non-hydrogen) atoms. The van der Waals surface area contributed by atoms with Gasteiger partial charge in [0, 0.05) is 0 Å². The number of thiazole rings is 1. The third-order valence-corrected chi connectivity index (χ3v) is 4.53. The number of fused-ring (bicyclic) bond motifs is 1. The van der Waals surface area contributed by atoms with E-state index >= 15 is 0 Å². The molecular weight excluding hydrogens is 391 g/mol. The summed E-state index contributed by atoms with van der Waals surface area (Å²) in [4.78, 5) is 27.2. The zero-order valence-corrected chi connectivity index (χ0v) is 14.6. The molecule has 140 valence electrons. The van der Waals surface area contributed by atoms with Gasteiger partial charge in [-0.15, -0.1) is 0 Å². The first kappa shape index (κ1) is 17.5. The van der Waals surface area contributed by atoms with Crippen molar-refractivity contribution in [2.75, 3.05) is 5.01 Å². The summed E-state index contributed by atoms with van der Waals surface area (Å²) in [6.07, 6.45) is 2.71. The number of aromatic nitrogens is 1. The second kappa shape index (κ2) is 7.04. The minimum atomic E-state index is -0.782. The third-order valence-electron chi connectivity index (χ3n) is 3.54. The Morgan fingerprint density at radius 1 is 1.32 bits per heavy atom. The largest absolute Gasteiger partial charge is 0.463 e. The smallest absolute Gasteiger partial charge is 0.433 e. The van der Waals surface area contributed by atoms with Crippen molar-refractivity contribution in [1.82, 2.24) is 4.98 Å². The van der Waals surface area contributed by atoms with Gasteiger partial charge < -0.3 is 8.83 Å². The van der Waals surface area contributed by atoms with E-state index in [4.69, 9.17) is 8.83 Å². The van der Waals surface area contributed by atoms with Crippen LogP contribution in [0.1, 0.15) is 16.3 Å². The zero-order valence-electron chi connectivity index (χ0n) is 13.8. The van der Waals surface area contributed by atoms with Crippen molar-refractivity contribution in [2.24, 2.45) is 5.10 Å². The van der Waals surface area contributed by atoms with E-state index in [0.29, 0.717) is 16.0 Å². The molecule has 1 aromatic carbocycles. The van der Waals surface area contributed by atoms with Crippen molar-refractivity contribution < 1.29 is 22.9 Å². The molecule has 3 heterocycles. The lowest BCUT2D eigenvalue weighted by atomic mass is 10.3. The first-order valence-electron chi connectivity index (χ1n) is 7.73. The molecular formula is C17H9FN4O5S. The van der Waals surface area contributed by atoms with Crippen LogP contribution in [0.2, 0.25) is 0 Å². The Hall–Kier alpha value is -3.86. The lowest BCUT2D eigenvalue weighted by molar-refractivity contribution is -0.402. The highest BCUT2D eigenvalue weighted by molar-refractivity contribution is 7.22. The number of nitrogens with zero attached hydrogens (tertiary/aromatic N) is 4. The fraction of sp³-hybridized carbons (Fsp3) is 0. The van der Waals surface area contributed by atoms with Gasteiger partial charge in [-0.25, -0.2) is 9.37 Å². The van der Waals surface area contributed by atoms with Crippen LogP contribution in [-0.4, -0.2) is 22.0 Å². The molecule has 0 fully saturated rings. The van der Waals surface area contributed by atoms with Crippen molar-refractivity contribution >= 4 is 44.7 Å². The van der Waals surface area contributed by atoms with Crippen LogP contribution in [0.25, 0.3) is 10.2 Å².